The Morgan fingerprint density at radius 1 is 0.596 bits per heavy atom. The summed E-state index contributed by atoms with van der Waals surface area (Å²) in [6.45, 7) is 3.29. The fourth-order valence-corrected chi connectivity index (χ4v) is 10.9. The number of hydrogen-bond donors (Lipinski definition) is 0. The van der Waals surface area contributed by atoms with Crippen molar-refractivity contribution in [3.8, 4) is 0 Å². The van der Waals surface area contributed by atoms with Crippen LogP contribution in [-0.2, 0) is 33.4 Å². The van der Waals surface area contributed by atoms with Crippen molar-refractivity contribution in [3.05, 3.63) is 115 Å². The van der Waals surface area contributed by atoms with E-state index in [1.54, 1.807) is 12.1 Å². The normalized spacial score (nSPS) is 20.6. The minimum absolute atomic E-state index is 0.141. The average Bonchev–Trinajstić information content (AvgIpc) is 4.09. The van der Waals surface area contributed by atoms with Gasteiger partial charge in [0, 0.05) is 44.3 Å². The quantitative estimate of drug-likeness (QED) is 0.115. The highest BCUT2D eigenvalue weighted by atomic mass is 32.1. The summed E-state index contributed by atoms with van der Waals surface area (Å²) < 4.78 is 48.1. The number of halogens is 2. The lowest BCUT2D eigenvalue weighted by Crippen LogP contribution is -2.50. The number of rotatable bonds is 10. The lowest BCUT2D eigenvalue weighted by molar-refractivity contribution is -0.139. The van der Waals surface area contributed by atoms with Gasteiger partial charge in [-0.2, -0.15) is 0 Å². The maximum Gasteiger partial charge on any atom is 0.336 e. The minimum Gasteiger partial charge on any atom is -0.466 e. The first kappa shape index (κ1) is 37.4. The Bertz CT molecular complexity index is 2520. The smallest absolute Gasteiger partial charge is 0.336 e. The van der Waals surface area contributed by atoms with Gasteiger partial charge in [-0.25, -0.2) is 23.2 Å². The molecule has 294 valence electrons. The molecule has 4 aromatic rings. The Morgan fingerprint density at radius 2 is 0.965 bits per heavy atom. The molecule has 3 saturated carbocycles. The number of hydrogen-bond acceptors (Lipinski definition) is 11. The summed E-state index contributed by atoms with van der Waals surface area (Å²) in [4.78, 5) is 57.6. The van der Waals surface area contributed by atoms with Gasteiger partial charge >= 0.3 is 17.9 Å². The third-order valence-corrected chi connectivity index (χ3v) is 13.8. The number of ether oxygens (including phenoxy) is 3. The number of esters is 3. The second-order valence-electron chi connectivity index (χ2n) is 15.4. The molecule has 0 N–H and O–H groups in total. The zero-order chi connectivity index (χ0) is 40.0. The van der Waals surface area contributed by atoms with E-state index in [1.165, 1.54) is 75.2 Å². The van der Waals surface area contributed by atoms with Gasteiger partial charge in [-0.05, 0) is 121 Å². The van der Waals surface area contributed by atoms with E-state index in [2.05, 4.69) is 0 Å². The Balaban J connectivity index is 1.39. The Hall–Kier alpha value is -5.14. The first-order valence-electron chi connectivity index (χ1n) is 19.1. The summed E-state index contributed by atoms with van der Waals surface area (Å²) >= 11 is 2.80. The number of benzene rings is 2. The van der Waals surface area contributed by atoms with E-state index in [0.29, 0.717) is 50.3 Å². The molecule has 3 aliphatic carbocycles. The molecular weight excluding hydrogens is 771 g/mol. The van der Waals surface area contributed by atoms with Gasteiger partial charge in [0.05, 0.1) is 61.1 Å². The van der Waals surface area contributed by atoms with Crippen LogP contribution in [0.25, 0.3) is 20.2 Å². The van der Waals surface area contributed by atoms with Crippen LogP contribution in [0.5, 0.6) is 0 Å². The molecule has 1 unspecified atom stereocenters. The standard InChI is InChI=1S/C44H40F2N2O7S2/c1-20-33(21(2)49)34(29-18-56-31-14-12-25(45)16-27(29)31)36(42(50)53-3)39(22-6-7-22)47(20)48-40(23-8-9-23)37(43(51)54-4)35(38(44(52)55-5)41(48)24-10-11-24)30-19-57-32-15-13-26(46)17-28(30)32/h12-19,22-24,34-35H,6-11H2,1-5H3. The van der Waals surface area contributed by atoms with Crippen molar-refractivity contribution in [2.75, 3.05) is 21.3 Å². The fraction of sp³-hybridized carbons (Fsp3) is 0.364. The van der Waals surface area contributed by atoms with Crippen LogP contribution in [0.4, 0.5) is 8.78 Å². The largest absolute Gasteiger partial charge is 0.466 e. The van der Waals surface area contributed by atoms with E-state index in [4.69, 9.17) is 14.2 Å². The molecular formula is C44H40F2N2O7S2. The lowest BCUT2D eigenvalue weighted by Gasteiger charge is -2.50. The van der Waals surface area contributed by atoms with Gasteiger partial charge in [0.2, 0.25) is 0 Å². The zero-order valence-electron chi connectivity index (χ0n) is 32.1. The van der Waals surface area contributed by atoms with Crippen molar-refractivity contribution in [3.63, 3.8) is 0 Å². The summed E-state index contributed by atoms with van der Waals surface area (Å²) in [5.41, 5.74) is 4.58. The number of allylic oxidation sites excluding steroid dienone is 5. The highest BCUT2D eigenvalue weighted by Crippen LogP contribution is 2.60. The van der Waals surface area contributed by atoms with Gasteiger partial charge < -0.3 is 14.2 Å². The van der Waals surface area contributed by atoms with Crippen LogP contribution in [-0.4, -0.2) is 55.0 Å². The van der Waals surface area contributed by atoms with E-state index < -0.39 is 41.4 Å². The molecule has 0 spiro atoms. The van der Waals surface area contributed by atoms with E-state index in [9.17, 15) is 28.0 Å². The molecule has 9 rings (SSSR count). The molecule has 2 aromatic carbocycles. The average molecular weight is 811 g/mol. The predicted molar refractivity (Wildman–Crippen MR) is 211 cm³/mol. The Kier molecular flexibility index (Phi) is 9.23. The van der Waals surface area contributed by atoms with Gasteiger partial charge in [0.25, 0.3) is 0 Å². The van der Waals surface area contributed by atoms with Crippen molar-refractivity contribution in [1.29, 1.82) is 0 Å². The van der Waals surface area contributed by atoms with Crippen molar-refractivity contribution in [2.45, 2.75) is 64.2 Å². The molecule has 0 bridgehead atoms. The number of thiophene rings is 2. The van der Waals surface area contributed by atoms with Gasteiger partial charge in [-0.3, -0.25) is 14.8 Å². The molecule has 0 amide bonds. The second-order valence-corrected chi connectivity index (χ2v) is 17.2. The van der Waals surface area contributed by atoms with Crippen LogP contribution in [0.3, 0.4) is 0 Å². The first-order valence-corrected chi connectivity index (χ1v) is 20.9. The van der Waals surface area contributed by atoms with Gasteiger partial charge in [0.1, 0.15) is 11.6 Å². The van der Waals surface area contributed by atoms with Crippen molar-refractivity contribution < 1.29 is 42.2 Å². The molecule has 2 aliphatic heterocycles. The third-order valence-electron chi connectivity index (χ3n) is 11.8. The molecule has 57 heavy (non-hydrogen) atoms. The predicted octanol–water partition coefficient (Wildman–Crippen LogP) is 9.18. The summed E-state index contributed by atoms with van der Waals surface area (Å²) in [6.07, 6.45) is 4.43. The summed E-state index contributed by atoms with van der Waals surface area (Å²) in [6, 6.07) is 9.02. The summed E-state index contributed by atoms with van der Waals surface area (Å²) in [5, 5.41) is 8.77. The third kappa shape index (κ3) is 6.03. The Labute approximate surface area is 335 Å². The van der Waals surface area contributed by atoms with E-state index in [1.807, 2.05) is 27.7 Å². The van der Waals surface area contributed by atoms with Crippen LogP contribution in [0, 0.1) is 29.4 Å². The molecule has 1 atom stereocenters. The number of carbonyl (C=O) groups is 4. The molecule has 0 radical (unpaired) electrons. The fourth-order valence-electron chi connectivity index (χ4n) is 9.00. The maximum atomic E-state index is 15.0. The van der Waals surface area contributed by atoms with E-state index in [-0.39, 0.29) is 40.3 Å². The number of fused-ring (bicyclic) bond motifs is 2. The molecule has 2 aromatic heterocycles. The van der Waals surface area contributed by atoms with Gasteiger partial charge in [-0.1, -0.05) is 0 Å². The molecule has 4 heterocycles. The molecule has 0 saturated heterocycles. The number of hydrazine groups is 1. The highest BCUT2D eigenvalue weighted by molar-refractivity contribution is 7.17. The number of ketones is 1. The summed E-state index contributed by atoms with van der Waals surface area (Å²) in [5.74, 6) is -5.41. The second kappa shape index (κ2) is 14.1. The molecule has 3 fully saturated rings. The monoisotopic (exact) mass is 810 g/mol. The number of Topliss-reactive ketones (excluding diaryl/α,β-unsaturated/α-hetero) is 1. The van der Waals surface area contributed by atoms with Gasteiger partial charge in [-0.15, -0.1) is 22.7 Å². The maximum absolute atomic E-state index is 15.0. The molecule has 9 nitrogen and oxygen atoms in total. The van der Waals surface area contributed by atoms with Crippen molar-refractivity contribution >= 4 is 66.5 Å². The Morgan fingerprint density at radius 3 is 1.32 bits per heavy atom. The number of carbonyl (C=O) groups excluding carboxylic acids is 4. The highest BCUT2D eigenvalue weighted by Gasteiger charge is 2.55. The molecule has 13 heteroatoms. The minimum atomic E-state index is -0.961. The lowest BCUT2D eigenvalue weighted by atomic mass is 9.76. The van der Waals surface area contributed by atoms with Crippen LogP contribution < -0.4 is 0 Å². The van der Waals surface area contributed by atoms with Crippen LogP contribution in [0.2, 0.25) is 0 Å². The van der Waals surface area contributed by atoms with Crippen LogP contribution in [0.1, 0.15) is 75.3 Å². The first-order chi connectivity index (χ1) is 27.5. The van der Waals surface area contributed by atoms with Crippen molar-refractivity contribution in [2.24, 2.45) is 17.8 Å². The SMILES string of the molecule is COC(=O)C1=C(C2CC2)N(N2C(C3CC3)=C(C(=O)OC)C(c3csc4ccc(F)cc34)C(C(=O)OC)=C2C2CC2)C(C)=C(C(C)=O)C1c1csc2ccc(F)cc12. The van der Waals surface area contributed by atoms with Crippen LogP contribution >= 0.6 is 22.7 Å². The van der Waals surface area contributed by atoms with E-state index >= 15 is 0 Å². The van der Waals surface area contributed by atoms with Crippen molar-refractivity contribution in [1.82, 2.24) is 10.0 Å². The van der Waals surface area contributed by atoms with E-state index in [0.717, 1.165) is 47.9 Å². The zero-order valence-corrected chi connectivity index (χ0v) is 33.7. The summed E-state index contributed by atoms with van der Waals surface area (Å²) in [7, 11) is 3.91. The van der Waals surface area contributed by atoms with Crippen LogP contribution in [0.15, 0.2) is 92.2 Å². The number of methoxy groups -OCH3 is 3. The number of nitrogens with zero attached hydrogens (tertiary/aromatic N) is 2. The van der Waals surface area contributed by atoms with Gasteiger partial charge in [0.15, 0.2) is 5.78 Å². The topological polar surface area (TPSA) is 102 Å². The molecule has 5 aliphatic rings.